The largest absolute Gasteiger partial charge is 0.352 e. The molecule has 2 aromatic rings. The van der Waals surface area contributed by atoms with E-state index in [0.29, 0.717) is 6.42 Å². The molecule has 2 amide bonds. The fourth-order valence-corrected chi connectivity index (χ4v) is 4.23. The Bertz CT molecular complexity index is 1050. The standard InChI is InChI=1S/C24H32FN3O4S/c1-5-18(3)26-24(30)22(6-2)27(16-19-11-8-7-9-12-19)23(29)17-28(33(4,31)32)21-14-10-13-20(25)15-21/h7-15,18,22H,5-6,16-17H2,1-4H3,(H,26,30)/t18-,22+/m1/s1. The SMILES string of the molecule is CC[C@@H](C)NC(=O)[C@H](CC)N(Cc1ccccc1)C(=O)CN(c1cccc(F)c1)S(C)(=O)=O. The van der Waals surface area contributed by atoms with E-state index in [-0.39, 0.29) is 24.2 Å². The van der Waals surface area contributed by atoms with Crippen LogP contribution in [0.25, 0.3) is 0 Å². The number of hydrogen-bond acceptors (Lipinski definition) is 4. The van der Waals surface area contributed by atoms with Crippen LogP contribution < -0.4 is 9.62 Å². The lowest BCUT2D eigenvalue weighted by atomic mass is 10.1. The van der Waals surface area contributed by atoms with E-state index in [1.807, 2.05) is 44.2 Å². The summed E-state index contributed by atoms with van der Waals surface area (Å²) in [5.74, 6) is -1.47. The van der Waals surface area contributed by atoms with Gasteiger partial charge in [0, 0.05) is 12.6 Å². The number of halogens is 1. The summed E-state index contributed by atoms with van der Waals surface area (Å²) in [4.78, 5) is 27.9. The van der Waals surface area contributed by atoms with E-state index in [4.69, 9.17) is 0 Å². The maximum atomic E-state index is 13.8. The fraction of sp³-hybridized carbons (Fsp3) is 0.417. The highest BCUT2D eigenvalue weighted by molar-refractivity contribution is 7.92. The molecule has 0 aliphatic heterocycles. The van der Waals surface area contributed by atoms with Gasteiger partial charge in [0.2, 0.25) is 21.8 Å². The number of carbonyl (C=O) groups excluding carboxylic acids is 2. The third-order valence-corrected chi connectivity index (χ3v) is 6.50. The van der Waals surface area contributed by atoms with E-state index < -0.39 is 34.3 Å². The van der Waals surface area contributed by atoms with Crippen molar-refractivity contribution >= 4 is 27.5 Å². The number of rotatable bonds is 11. The highest BCUT2D eigenvalue weighted by atomic mass is 32.2. The molecule has 0 spiro atoms. The molecule has 0 saturated carbocycles. The van der Waals surface area contributed by atoms with Gasteiger partial charge >= 0.3 is 0 Å². The van der Waals surface area contributed by atoms with Crippen LogP contribution in [0.1, 0.15) is 39.2 Å². The molecule has 0 unspecified atom stereocenters. The number of nitrogens with one attached hydrogen (secondary N) is 1. The predicted octanol–water partition coefficient (Wildman–Crippen LogP) is 3.31. The van der Waals surface area contributed by atoms with Crippen LogP contribution in [-0.4, -0.2) is 50.0 Å². The van der Waals surface area contributed by atoms with Gasteiger partial charge in [-0.15, -0.1) is 0 Å². The van der Waals surface area contributed by atoms with Crippen LogP contribution in [0, 0.1) is 5.82 Å². The normalized spacial score (nSPS) is 13.1. The molecule has 33 heavy (non-hydrogen) atoms. The van der Waals surface area contributed by atoms with Crippen molar-refractivity contribution in [2.75, 3.05) is 17.1 Å². The van der Waals surface area contributed by atoms with Crippen LogP contribution in [0.4, 0.5) is 10.1 Å². The molecule has 2 rings (SSSR count). The van der Waals surface area contributed by atoms with Crippen LogP contribution in [-0.2, 0) is 26.2 Å². The second-order valence-electron chi connectivity index (χ2n) is 8.00. The van der Waals surface area contributed by atoms with Crippen molar-refractivity contribution in [3.05, 3.63) is 66.0 Å². The third-order valence-electron chi connectivity index (χ3n) is 5.36. The zero-order chi connectivity index (χ0) is 24.6. The first-order valence-electron chi connectivity index (χ1n) is 10.9. The number of hydrogen-bond donors (Lipinski definition) is 1. The molecule has 0 radical (unpaired) electrons. The van der Waals surface area contributed by atoms with Gasteiger partial charge in [0.1, 0.15) is 18.4 Å². The second kappa shape index (κ2) is 11.8. The topological polar surface area (TPSA) is 86.8 Å². The van der Waals surface area contributed by atoms with Crippen molar-refractivity contribution in [1.82, 2.24) is 10.2 Å². The van der Waals surface area contributed by atoms with Gasteiger partial charge in [0.25, 0.3) is 0 Å². The van der Waals surface area contributed by atoms with Crippen molar-refractivity contribution in [2.24, 2.45) is 0 Å². The highest BCUT2D eigenvalue weighted by Crippen LogP contribution is 2.20. The molecule has 0 saturated heterocycles. The molecule has 0 bridgehead atoms. The number of carbonyl (C=O) groups is 2. The Morgan fingerprint density at radius 3 is 2.24 bits per heavy atom. The van der Waals surface area contributed by atoms with Crippen LogP contribution >= 0.6 is 0 Å². The lowest BCUT2D eigenvalue weighted by Crippen LogP contribution is -2.53. The van der Waals surface area contributed by atoms with Crippen molar-refractivity contribution in [2.45, 2.75) is 52.2 Å². The molecule has 0 aliphatic rings. The average Bonchev–Trinajstić information content (AvgIpc) is 2.76. The Morgan fingerprint density at radius 1 is 1.03 bits per heavy atom. The summed E-state index contributed by atoms with van der Waals surface area (Å²) < 4.78 is 39.6. The van der Waals surface area contributed by atoms with Crippen molar-refractivity contribution in [1.29, 1.82) is 0 Å². The van der Waals surface area contributed by atoms with Gasteiger partial charge in [-0.05, 0) is 43.5 Å². The first-order chi connectivity index (χ1) is 15.6. The first kappa shape index (κ1) is 26.3. The minimum atomic E-state index is -3.89. The summed E-state index contributed by atoms with van der Waals surface area (Å²) in [6, 6.07) is 13.4. The van der Waals surface area contributed by atoms with Crippen LogP contribution in [0.2, 0.25) is 0 Å². The zero-order valence-electron chi connectivity index (χ0n) is 19.5. The summed E-state index contributed by atoms with van der Waals surface area (Å²) in [6.07, 6.45) is 2.04. The number of nitrogens with zero attached hydrogens (tertiary/aromatic N) is 2. The van der Waals surface area contributed by atoms with Gasteiger partial charge in [-0.1, -0.05) is 50.2 Å². The van der Waals surface area contributed by atoms with Gasteiger partial charge < -0.3 is 10.2 Å². The quantitative estimate of drug-likeness (QED) is 0.538. The molecule has 0 heterocycles. The minimum absolute atomic E-state index is 0.0441. The van der Waals surface area contributed by atoms with Crippen LogP contribution in [0.15, 0.2) is 54.6 Å². The molecular formula is C24H32FN3O4S. The number of benzene rings is 2. The molecule has 1 N–H and O–H groups in total. The fourth-order valence-electron chi connectivity index (χ4n) is 3.39. The van der Waals surface area contributed by atoms with E-state index in [2.05, 4.69) is 5.32 Å². The Morgan fingerprint density at radius 2 is 1.70 bits per heavy atom. The summed E-state index contributed by atoms with van der Waals surface area (Å²) in [7, 11) is -3.89. The van der Waals surface area contributed by atoms with Gasteiger partial charge in [0.05, 0.1) is 11.9 Å². The summed E-state index contributed by atoms with van der Waals surface area (Å²) in [5, 5.41) is 2.91. The Balaban J connectivity index is 2.41. The minimum Gasteiger partial charge on any atom is -0.352 e. The van der Waals surface area contributed by atoms with Crippen molar-refractivity contribution in [3.8, 4) is 0 Å². The third kappa shape index (κ3) is 7.56. The summed E-state index contributed by atoms with van der Waals surface area (Å²) >= 11 is 0. The maximum absolute atomic E-state index is 13.8. The second-order valence-corrected chi connectivity index (χ2v) is 9.91. The number of sulfonamides is 1. The monoisotopic (exact) mass is 477 g/mol. The van der Waals surface area contributed by atoms with E-state index in [1.165, 1.54) is 23.1 Å². The van der Waals surface area contributed by atoms with Gasteiger partial charge in [0.15, 0.2) is 0 Å². The van der Waals surface area contributed by atoms with E-state index in [9.17, 15) is 22.4 Å². The Labute approximate surface area is 195 Å². The van der Waals surface area contributed by atoms with Crippen LogP contribution in [0.5, 0.6) is 0 Å². The van der Waals surface area contributed by atoms with Crippen molar-refractivity contribution < 1.29 is 22.4 Å². The maximum Gasteiger partial charge on any atom is 0.244 e. The van der Waals surface area contributed by atoms with Gasteiger partial charge in [-0.2, -0.15) is 0 Å². The lowest BCUT2D eigenvalue weighted by molar-refractivity contribution is -0.140. The molecule has 9 heteroatoms. The lowest BCUT2D eigenvalue weighted by Gasteiger charge is -2.33. The molecule has 2 atom stereocenters. The molecule has 7 nitrogen and oxygen atoms in total. The molecule has 180 valence electrons. The highest BCUT2D eigenvalue weighted by Gasteiger charge is 2.32. The Kier molecular flexibility index (Phi) is 9.40. The smallest absolute Gasteiger partial charge is 0.244 e. The van der Waals surface area contributed by atoms with Gasteiger partial charge in [-0.3, -0.25) is 13.9 Å². The molecule has 0 fully saturated rings. The van der Waals surface area contributed by atoms with Crippen molar-refractivity contribution in [3.63, 3.8) is 0 Å². The summed E-state index contributed by atoms with van der Waals surface area (Å²) in [5.41, 5.74) is 0.847. The van der Waals surface area contributed by atoms with Gasteiger partial charge in [-0.25, -0.2) is 12.8 Å². The molecular weight excluding hydrogens is 445 g/mol. The number of amides is 2. The molecule has 0 aliphatic carbocycles. The predicted molar refractivity (Wildman–Crippen MR) is 128 cm³/mol. The molecule has 0 aromatic heterocycles. The van der Waals surface area contributed by atoms with E-state index in [0.717, 1.165) is 28.6 Å². The first-order valence-corrected chi connectivity index (χ1v) is 12.8. The summed E-state index contributed by atoms with van der Waals surface area (Å²) in [6.45, 7) is 5.20. The number of anilines is 1. The van der Waals surface area contributed by atoms with E-state index in [1.54, 1.807) is 6.92 Å². The molecule has 2 aromatic carbocycles. The van der Waals surface area contributed by atoms with Crippen LogP contribution in [0.3, 0.4) is 0 Å². The zero-order valence-corrected chi connectivity index (χ0v) is 20.3. The average molecular weight is 478 g/mol. The Hall–Kier alpha value is -2.94. The van der Waals surface area contributed by atoms with E-state index >= 15 is 0 Å².